The summed E-state index contributed by atoms with van der Waals surface area (Å²) in [5.74, 6) is 0.464. The molecule has 0 heterocycles. The molecule has 14 rings (SSSR count). The molecule has 0 unspecified atom stereocenters. The zero-order chi connectivity index (χ0) is 64.3. The van der Waals surface area contributed by atoms with Crippen LogP contribution in [0.2, 0.25) is 19.6 Å². The van der Waals surface area contributed by atoms with Gasteiger partial charge in [0.2, 0.25) is 0 Å². The molecule has 0 N–H and O–H groups in total. The number of hydrogen-bond donors (Lipinski definition) is 0. The standard InChI is InChI=1S/C94H80Si/c1-95(2,3)94(86-64-60-84(61-65-86)92(80-52-44-76(45-53-80)88(68-28-12-4-13-29-68)69-30-14-5-15-31-69)81-54-46-77(47-55-81)89(70-32-16-6-17-33-70)71-34-18-7-19-35-71)87-66-62-85(63-67-87)93(82-56-48-78(49-57-82)90(72-36-20-8-21-37-72)73-38-22-9-23-39-73)83-58-50-79(51-59-83)91(74-40-24-10-25-41-74)75-42-26-11-27-43-75/h4-67,88-94H,1-3H3. The molecule has 95 heavy (non-hydrogen) atoms. The lowest BCUT2D eigenvalue weighted by Crippen LogP contribution is -2.32. The predicted molar refractivity (Wildman–Crippen MR) is 401 cm³/mol. The van der Waals surface area contributed by atoms with E-state index in [4.69, 9.17) is 0 Å². The van der Waals surface area contributed by atoms with E-state index in [1.165, 1.54) is 111 Å². The molecule has 14 aromatic rings. The lowest BCUT2D eigenvalue weighted by Gasteiger charge is -2.31. The maximum Gasteiger partial charge on any atom is 0.0573 e. The summed E-state index contributed by atoms with van der Waals surface area (Å²) in [7, 11) is -1.91. The first-order valence-electron chi connectivity index (χ1n) is 33.8. The van der Waals surface area contributed by atoms with Gasteiger partial charge in [-0.3, -0.25) is 0 Å². The van der Waals surface area contributed by atoms with E-state index in [9.17, 15) is 0 Å². The molecule has 14 aromatic carbocycles. The third-order valence-corrected chi connectivity index (χ3v) is 21.9. The van der Waals surface area contributed by atoms with Crippen molar-refractivity contribution in [2.24, 2.45) is 0 Å². The Morgan fingerprint density at radius 2 is 0.221 bits per heavy atom. The van der Waals surface area contributed by atoms with Crippen LogP contribution in [-0.4, -0.2) is 8.07 Å². The zero-order valence-corrected chi connectivity index (χ0v) is 55.5. The van der Waals surface area contributed by atoms with Gasteiger partial charge in [-0.05, 0) is 111 Å². The van der Waals surface area contributed by atoms with Gasteiger partial charge in [-0.15, -0.1) is 0 Å². The molecule has 0 aliphatic carbocycles. The quantitative estimate of drug-likeness (QED) is 0.0497. The Labute approximate surface area is 564 Å². The van der Waals surface area contributed by atoms with Crippen molar-refractivity contribution in [2.45, 2.75) is 60.7 Å². The number of rotatable bonds is 21. The first-order chi connectivity index (χ1) is 46.8. The van der Waals surface area contributed by atoms with Gasteiger partial charge in [0, 0.05) is 41.0 Å². The molecule has 460 valence electrons. The van der Waals surface area contributed by atoms with Crippen LogP contribution in [0.5, 0.6) is 0 Å². The summed E-state index contributed by atoms with van der Waals surface area (Å²) < 4.78 is 0. The second-order valence-corrected chi connectivity index (χ2v) is 32.0. The number of benzene rings is 14. The van der Waals surface area contributed by atoms with E-state index in [0.717, 1.165) is 0 Å². The molecule has 0 nitrogen and oxygen atoms in total. The highest BCUT2D eigenvalue weighted by Gasteiger charge is 2.32. The molecule has 0 atom stereocenters. The van der Waals surface area contributed by atoms with E-state index in [-0.39, 0.29) is 41.0 Å². The van der Waals surface area contributed by atoms with Crippen molar-refractivity contribution in [3.63, 3.8) is 0 Å². The Morgan fingerprint density at radius 1 is 0.126 bits per heavy atom. The van der Waals surface area contributed by atoms with Crippen molar-refractivity contribution in [1.82, 2.24) is 0 Å². The zero-order valence-electron chi connectivity index (χ0n) is 54.5. The van der Waals surface area contributed by atoms with Crippen LogP contribution >= 0.6 is 0 Å². The molecule has 0 radical (unpaired) electrons. The summed E-state index contributed by atoms with van der Waals surface area (Å²) in [6.07, 6.45) is 0. The topological polar surface area (TPSA) is 0 Å². The average molecular weight is 1240 g/mol. The molecule has 1 heteroatoms. The Bertz CT molecular complexity index is 3940. The highest BCUT2D eigenvalue weighted by atomic mass is 28.3. The van der Waals surface area contributed by atoms with Crippen molar-refractivity contribution in [3.05, 3.63) is 500 Å². The van der Waals surface area contributed by atoms with Gasteiger partial charge in [0.05, 0.1) is 8.07 Å². The van der Waals surface area contributed by atoms with Gasteiger partial charge in [-0.1, -0.05) is 408 Å². The molecule has 0 aliphatic heterocycles. The lowest BCUT2D eigenvalue weighted by atomic mass is 9.80. The largest absolute Gasteiger partial charge is 0.0688 e. The maximum atomic E-state index is 2.53. The van der Waals surface area contributed by atoms with Gasteiger partial charge in [0.25, 0.3) is 0 Å². The van der Waals surface area contributed by atoms with E-state index in [0.29, 0.717) is 0 Å². The van der Waals surface area contributed by atoms with E-state index < -0.39 is 8.07 Å². The average Bonchev–Trinajstić information content (AvgIpc) is 0.811. The SMILES string of the molecule is C[Si](C)(C)C(c1ccc(C(c2ccc(C(c3ccccc3)c3ccccc3)cc2)c2ccc(C(c3ccccc3)c3ccccc3)cc2)cc1)c1ccc(C(c2ccc(C(c3ccccc3)c3ccccc3)cc2)c2ccc(C(c3ccccc3)c3ccccc3)cc2)cc1. The first kappa shape index (κ1) is 61.8. The molecule has 0 saturated carbocycles. The van der Waals surface area contributed by atoms with E-state index in [2.05, 4.69) is 408 Å². The smallest absolute Gasteiger partial charge is 0.0573 e. The molecule has 0 amide bonds. The fourth-order valence-corrected chi connectivity index (χ4v) is 17.5. The Morgan fingerprint density at radius 3 is 0.326 bits per heavy atom. The summed E-state index contributed by atoms with van der Waals surface area (Å²) in [4.78, 5) is 0. The van der Waals surface area contributed by atoms with E-state index in [1.807, 2.05) is 0 Å². The van der Waals surface area contributed by atoms with Crippen molar-refractivity contribution in [1.29, 1.82) is 0 Å². The van der Waals surface area contributed by atoms with Crippen LogP contribution < -0.4 is 0 Å². The Hall–Kier alpha value is -10.7. The fraction of sp³-hybridized carbons (Fsp3) is 0.106. The summed E-state index contributed by atoms with van der Waals surface area (Å²) in [5, 5.41) is 0. The summed E-state index contributed by atoms with van der Waals surface area (Å²) in [5.41, 5.74) is 26.1. The molecule has 0 bridgehead atoms. The highest BCUT2D eigenvalue weighted by molar-refractivity contribution is 6.78. The third-order valence-electron chi connectivity index (χ3n) is 19.5. The molecule has 0 aliphatic rings. The van der Waals surface area contributed by atoms with E-state index >= 15 is 0 Å². The minimum absolute atomic E-state index is 0.000701. The van der Waals surface area contributed by atoms with Crippen LogP contribution in [0.15, 0.2) is 388 Å². The third kappa shape index (κ3) is 13.9. The Kier molecular flexibility index (Phi) is 18.6. The van der Waals surface area contributed by atoms with Gasteiger partial charge >= 0.3 is 0 Å². The van der Waals surface area contributed by atoms with Gasteiger partial charge in [-0.2, -0.15) is 0 Å². The predicted octanol–water partition coefficient (Wildman–Crippen LogP) is 23.8. The maximum absolute atomic E-state index is 2.53. The first-order valence-corrected chi connectivity index (χ1v) is 37.4. The normalized spacial score (nSPS) is 11.8. The van der Waals surface area contributed by atoms with Crippen LogP contribution in [0.25, 0.3) is 0 Å². The van der Waals surface area contributed by atoms with Crippen LogP contribution in [0.4, 0.5) is 0 Å². The van der Waals surface area contributed by atoms with Gasteiger partial charge in [0.15, 0.2) is 0 Å². The van der Waals surface area contributed by atoms with Crippen molar-refractivity contribution >= 4 is 8.07 Å². The lowest BCUT2D eigenvalue weighted by molar-refractivity contribution is 0.936. The van der Waals surface area contributed by atoms with Crippen molar-refractivity contribution in [2.75, 3.05) is 0 Å². The van der Waals surface area contributed by atoms with E-state index in [1.54, 1.807) is 0 Å². The molecule has 0 spiro atoms. The van der Waals surface area contributed by atoms with Crippen LogP contribution in [0.3, 0.4) is 0 Å². The molecule has 0 aromatic heterocycles. The van der Waals surface area contributed by atoms with Crippen LogP contribution in [-0.2, 0) is 0 Å². The van der Waals surface area contributed by atoms with Crippen LogP contribution in [0.1, 0.15) is 152 Å². The second kappa shape index (κ2) is 28.7. The van der Waals surface area contributed by atoms with Crippen molar-refractivity contribution < 1.29 is 0 Å². The Balaban J connectivity index is 0.821. The number of hydrogen-bond acceptors (Lipinski definition) is 0. The summed E-state index contributed by atoms with van der Waals surface area (Å²) in [6.45, 7) is 7.60. The minimum Gasteiger partial charge on any atom is -0.0688 e. The molecular formula is C94H80Si. The van der Waals surface area contributed by atoms with Gasteiger partial charge < -0.3 is 0 Å². The summed E-state index contributed by atoms with van der Waals surface area (Å²) >= 11 is 0. The van der Waals surface area contributed by atoms with Crippen LogP contribution in [0, 0.1) is 0 Å². The fourth-order valence-electron chi connectivity index (χ4n) is 15.1. The molecule has 0 saturated heterocycles. The highest BCUT2D eigenvalue weighted by Crippen LogP contribution is 2.43. The van der Waals surface area contributed by atoms with Gasteiger partial charge in [-0.25, -0.2) is 0 Å². The minimum atomic E-state index is -1.91. The van der Waals surface area contributed by atoms with Crippen molar-refractivity contribution in [3.8, 4) is 0 Å². The van der Waals surface area contributed by atoms with Gasteiger partial charge in [0.1, 0.15) is 0 Å². The molecular weight excluding hydrogens is 1160 g/mol. The monoisotopic (exact) mass is 1240 g/mol. The molecule has 0 fully saturated rings. The summed E-state index contributed by atoms with van der Waals surface area (Å²) in [6, 6.07) is 145. The second-order valence-electron chi connectivity index (χ2n) is 26.7.